The average molecular weight is 427 g/mol. The molecule has 2 heterocycles. The second-order valence-corrected chi connectivity index (χ2v) is 9.25. The molecule has 1 aromatic carbocycles. The standard InChI is InChI=1S/C22H30N6OS/c1-16(2)22(4,15-23)24-19(29)14-30-21-26-25-20(27-12-6-5-7-13-27)28(21)18-10-8-17(3)9-11-18/h8-11,16H,5-7,12-14H2,1-4H3,(H,24,29). The van der Waals surface area contributed by atoms with Gasteiger partial charge in [-0.25, -0.2) is 0 Å². The summed E-state index contributed by atoms with van der Waals surface area (Å²) in [6, 6.07) is 10.5. The zero-order valence-corrected chi connectivity index (χ0v) is 19.0. The normalized spacial score (nSPS) is 16.2. The molecule has 7 nitrogen and oxygen atoms in total. The Morgan fingerprint density at radius 3 is 2.50 bits per heavy atom. The van der Waals surface area contributed by atoms with Crippen LogP contribution in [0.1, 0.15) is 45.6 Å². The van der Waals surface area contributed by atoms with Gasteiger partial charge in [-0.05, 0) is 51.2 Å². The molecule has 0 bridgehead atoms. The first-order valence-electron chi connectivity index (χ1n) is 10.5. The van der Waals surface area contributed by atoms with Crippen molar-refractivity contribution in [2.75, 3.05) is 23.7 Å². The van der Waals surface area contributed by atoms with Gasteiger partial charge in [-0.3, -0.25) is 9.36 Å². The Balaban J connectivity index is 1.82. The molecule has 1 aliphatic rings. The van der Waals surface area contributed by atoms with Crippen LogP contribution < -0.4 is 10.2 Å². The second kappa shape index (κ2) is 9.52. The highest BCUT2D eigenvalue weighted by Gasteiger charge is 2.30. The van der Waals surface area contributed by atoms with Gasteiger partial charge in [0.25, 0.3) is 0 Å². The van der Waals surface area contributed by atoms with Crippen LogP contribution >= 0.6 is 11.8 Å². The Morgan fingerprint density at radius 2 is 1.90 bits per heavy atom. The van der Waals surface area contributed by atoms with Crippen LogP contribution in [0.3, 0.4) is 0 Å². The molecular formula is C22H30N6OS. The molecule has 1 N–H and O–H groups in total. The molecule has 160 valence electrons. The van der Waals surface area contributed by atoms with E-state index in [1.54, 1.807) is 6.92 Å². The Hall–Kier alpha value is -2.53. The lowest BCUT2D eigenvalue weighted by atomic mass is 9.90. The first-order valence-corrected chi connectivity index (χ1v) is 11.4. The van der Waals surface area contributed by atoms with Gasteiger partial charge in [0.1, 0.15) is 5.54 Å². The van der Waals surface area contributed by atoms with Crippen LogP contribution in [0.15, 0.2) is 29.4 Å². The quantitative estimate of drug-likeness (QED) is 0.679. The van der Waals surface area contributed by atoms with Crippen LogP contribution in [0.2, 0.25) is 0 Å². The Bertz CT molecular complexity index is 911. The van der Waals surface area contributed by atoms with E-state index in [-0.39, 0.29) is 17.6 Å². The number of nitrogens with one attached hydrogen (secondary N) is 1. The van der Waals surface area contributed by atoms with Crippen LogP contribution in [0.4, 0.5) is 5.95 Å². The fourth-order valence-corrected chi connectivity index (χ4v) is 4.08. The maximum absolute atomic E-state index is 12.5. The van der Waals surface area contributed by atoms with Crippen LogP contribution in [0, 0.1) is 24.2 Å². The monoisotopic (exact) mass is 426 g/mol. The van der Waals surface area contributed by atoms with Crippen LogP contribution in [-0.2, 0) is 4.79 Å². The highest BCUT2D eigenvalue weighted by molar-refractivity contribution is 7.99. The molecule has 3 rings (SSSR count). The maximum atomic E-state index is 12.5. The van der Waals surface area contributed by atoms with Crippen molar-refractivity contribution in [3.05, 3.63) is 29.8 Å². The predicted molar refractivity (Wildman–Crippen MR) is 120 cm³/mol. The van der Waals surface area contributed by atoms with E-state index in [4.69, 9.17) is 0 Å². The van der Waals surface area contributed by atoms with Gasteiger partial charge in [0, 0.05) is 13.1 Å². The molecule has 1 fully saturated rings. The molecule has 8 heteroatoms. The van der Waals surface area contributed by atoms with E-state index in [1.807, 2.05) is 18.4 Å². The summed E-state index contributed by atoms with van der Waals surface area (Å²) < 4.78 is 2.04. The highest BCUT2D eigenvalue weighted by Crippen LogP contribution is 2.28. The number of amides is 1. The number of thioether (sulfide) groups is 1. The molecular weight excluding hydrogens is 396 g/mol. The van der Waals surface area contributed by atoms with Gasteiger partial charge >= 0.3 is 0 Å². The van der Waals surface area contributed by atoms with Crippen molar-refractivity contribution in [3.63, 3.8) is 0 Å². The number of aryl methyl sites for hydroxylation is 1. The maximum Gasteiger partial charge on any atom is 0.232 e. The van der Waals surface area contributed by atoms with E-state index in [9.17, 15) is 10.1 Å². The third-order valence-corrected chi connectivity index (χ3v) is 6.59. The Morgan fingerprint density at radius 1 is 1.23 bits per heavy atom. The number of carbonyl (C=O) groups is 1. The number of rotatable bonds is 7. The van der Waals surface area contributed by atoms with Gasteiger partial charge in [-0.2, -0.15) is 5.26 Å². The van der Waals surface area contributed by atoms with Gasteiger partial charge in [0.05, 0.1) is 17.5 Å². The fourth-order valence-electron chi connectivity index (χ4n) is 3.33. The van der Waals surface area contributed by atoms with Gasteiger partial charge < -0.3 is 10.2 Å². The number of nitrogens with zero attached hydrogens (tertiary/aromatic N) is 5. The summed E-state index contributed by atoms with van der Waals surface area (Å²) in [5.74, 6) is 0.827. The number of piperidine rings is 1. The lowest BCUT2D eigenvalue weighted by Crippen LogP contribution is -2.49. The first-order chi connectivity index (χ1) is 14.3. The zero-order chi connectivity index (χ0) is 21.7. The van der Waals surface area contributed by atoms with Gasteiger partial charge in [-0.15, -0.1) is 10.2 Å². The van der Waals surface area contributed by atoms with Crippen molar-refractivity contribution in [3.8, 4) is 11.8 Å². The average Bonchev–Trinajstić information content (AvgIpc) is 3.17. The first kappa shape index (κ1) is 22.2. The van der Waals surface area contributed by atoms with E-state index >= 15 is 0 Å². The lowest BCUT2D eigenvalue weighted by Gasteiger charge is -2.28. The third-order valence-electron chi connectivity index (χ3n) is 5.67. The van der Waals surface area contributed by atoms with Gasteiger partial charge in [0.15, 0.2) is 5.16 Å². The van der Waals surface area contributed by atoms with Crippen molar-refractivity contribution in [2.24, 2.45) is 5.92 Å². The number of carbonyl (C=O) groups excluding carboxylic acids is 1. The van der Waals surface area contributed by atoms with Crippen LogP contribution in [0.5, 0.6) is 0 Å². The van der Waals surface area contributed by atoms with E-state index in [2.05, 4.69) is 57.7 Å². The lowest BCUT2D eigenvalue weighted by molar-refractivity contribution is -0.120. The summed E-state index contributed by atoms with van der Waals surface area (Å²) in [7, 11) is 0. The summed E-state index contributed by atoms with van der Waals surface area (Å²) in [4.78, 5) is 14.8. The van der Waals surface area contributed by atoms with Crippen molar-refractivity contribution in [1.82, 2.24) is 20.1 Å². The Kier molecular flexibility index (Phi) is 7.03. The largest absolute Gasteiger partial charge is 0.341 e. The molecule has 1 saturated heterocycles. The molecule has 0 saturated carbocycles. The second-order valence-electron chi connectivity index (χ2n) is 8.31. The van der Waals surface area contributed by atoms with Gasteiger partial charge in [0.2, 0.25) is 11.9 Å². The summed E-state index contributed by atoms with van der Waals surface area (Å²) in [6.45, 7) is 9.59. The minimum Gasteiger partial charge on any atom is -0.341 e. The number of hydrogen-bond donors (Lipinski definition) is 1. The topological polar surface area (TPSA) is 86.8 Å². The van der Waals surface area contributed by atoms with E-state index in [0.29, 0.717) is 5.16 Å². The van der Waals surface area contributed by atoms with E-state index in [0.717, 1.165) is 37.6 Å². The van der Waals surface area contributed by atoms with Crippen LogP contribution in [-0.4, -0.2) is 45.1 Å². The summed E-state index contributed by atoms with van der Waals surface area (Å²) in [6.07, 6.45) is 3.53. The number of anilines is 1. The summed E-state index contributed by atoms with van der Waals surface area (Å²) in [5.41, 5.74) is 1.28. The molecule has 0 aliphatic carbocycles. The summed E-state index contributed by atoms with van der Waals surface area (Å²) >= 11 is 1.34. The van der Waals surface area contributed by atoms with Gasteiger partial charge in [-0.1, -0.05) is 43.3 Å². The predicted octanol–water partition coefficient (Wildman–Crippen LogP) is 3.71. The molecule has 1 unspecified atom stereocenters. The summed E-state index contributed by atoms with van der Waals surface area (Å²) in [5, 5.41) is 21.9. The molecule has 1 amide bonds. The molecule has 0 radical (unpaired) electrons. The SMILES string of the molecule is Cc1ccc(-n2c(SCC(=O)NC(C)(C#N)C(C)C)nnc2N2CCCCC2)cc1. The number of benzene rings is 1. The van der Waals surface area contributed by atoms with E-state index < -0.39 is 5.54 Å². The van der Waals surface area contributed by atoms with Crippen LogP contribution in [0.25, 0.3) is 5.69 Å². The van der Waals surface area contributed by atoms with Crippen molar-refractivity contribution in [1.29, 1.82) is 5.26 Å². The molecule has 2 aromatic rings. The number of hydrogen-bond acceptors (Lipinski definition) is 6. The molecule has 30 heavy (non-hydrogen) atoms. The minimum atomic E-state index is -0.888. The molecule has 1 atom stereocenters. The smallest absolute Gasteiger partial charge is 0.232 e. The Labute approximate surface area is 182 Å². The fraction of sp³-hybridized carbons (Fsp3) is 0.545. The van der Waals surface area contributed by atoms with Crippen molar-refractivity contribution in [2.45, 2.75) is 57.7 Å². The molecule has 1 aromatic heterocycles. The minimum absolute atomic E-state index is 0.0124. The van der Waals surface area contributed by atoms with Crippen molar-refractivity contribution >= 4 is 23.6 Å². The third kappa shape index (κ3) is 4.96. The number of nitriles is 1. The van der Waals surface area contributed by atoms with E-state index in [1.165, 1.54) is 23.7 Å². The highest BCUT2D eigenvalue weighted by atomic mass is 32.2. The van der Waals surface area contributed by atoms with Crippen molar-refractivity contribution < 1.29 is 4.79 Å². The molecule has 1 aliphatic heterocycles. The zero-order valence-electron chi connectivity index (χ0n) is 18.2. The molecule has 0 spiro atoms. The number of aromatic nitrogens is 3.